The maximum Gasteiger partial charge on any atom is 0.341 e. The minimum Gasteiger partial charge on any atom is -0.481 e. The molecule has 0 aliphatic rings. The third-order valence-electron chi connectivity index (χ3n) is 5.18. The van der Waals surface area contributed by atoms with E-state index in [4.69, 9.17) is 37.8 Å². The van der Waals surface area contributed by atoms with Crippen LogP contribution in [-0.2, 0) is 20.8 Å². The molecule has 0 bridgehead atoms. The predicted molar refractivity (Wildman–Crippen MR) is 152 cm³/mol. The van der Waals surface area contributed by atoms with Gasteiger partial charge in [0.1, 0.15) is 17.5 Å². The first-order chi connectivity index (χ1) is 18.6. The normalized spacial score (nSPS) is 12.4. The summed E-state index contributed by atoms with van der Waals surface area (Å²) in [5.41, 5.74) is 3.89. The van der Waals surface area contributed by atoms with Crippen LogP contribution in [0.1, 0.15) is 18.1 Å². The van der Waals surface area contributed by atoms with Crippen LogP contribution in [-0.4, -0.2) is 47.9 Å². The summed E-state index contributed by atoms with van der Waals surface area (Å²) >= 11 is 15.4. The number of carbonyl (C=O) groups is 3. The molecule has 2 atom stereocenters. The van der Waals surface area contributed by atoms with Crippen molar-refractivity contribution in [3.63, 3.8) is 0 Å². The molecule has 3 rings (SSSR count). The second kappa shape index (κ2) is 14.5. The van der Waals surface area contributed by atoms with E-state index in [1.165, 1.54) is 19.2 Å². The first-order valence-corrected chi connectivity index (χ1v) is 13.1. The van der Waals surface area contributed by atoms with Crippen LogP contribution in [0, 0.1) is 0 Å². The van der Waals surface area contributed by atoms with Crippen molar-refractivity contribution < 1.29 is 29.0 Å². The maximum absolute atomic E-state index is 13.0. The van der Waals surface area contributed by atoms with Gasteiger partial charge in [-0.2, -0.15) is 5.10 Å². The molecule has 0 saturated carbocycles. The number of amides is 2. The van der Waals surface area contributed by atoms with E-state index < -0.39 is 36.5 Å². The number of hydrogen-bond acceptors (Lipinski definition) is 6. The van der Waals surface area contributed by atoms with E-state index in [9.17, 15) is 14.4 Å². The average Bonchev–Trinajstić information content (AvgIpc) is 2.89. The van der Waals surface area contributed by atoms with E-state index in [0.29, 0.717) is 20.8 Å². The predicted octanol–water partition coefficient (Wildman–Crippen LogP) is 4.86. The SMILES string of the molecule is C[C@@H](Oc1ccc(Cl)cc1Cl)C(=O)N[C@@H](Cc1ccccc1)C(=O)N/N=C\c1ccc(OCC(=O)O)c(Br)c1. The highest BCUT2D eigenvalue weighted by atomic mass is 79.9. The summed E-state index contributed by atoms with van der Waals surface area (Å²) in [5, 5.41) is 16.1. The summed E-state index contributed by atoms with van der Waals surface area (Å²) < 4.78 is 11.4. The van der Waals surface area contributed by atoms with E-state index in [1.54, 1.807) is 30.3 Å². The maximum atomic E-state index is 13.0. The Kier molecular flexibility index (Phi) is 11.2. The van der Waals surface area contributed by atoms with Gasteiger partial charge in [-0.3, -0.25) is 9.59 Å². The summed E-state index contributed by atoms with van der Waals surface area (Å²) in [6.45, 7) is 1.06. The van der Waals surface area contributed by atoms with Crippen LogP contribution >= 0.6 is 39.1 Å². The lowest BCUT2D eigenvalue weighted by Gasteiger charge is -2.21. The van der Waals surface area contributed by atoms with Gasteiger partial charge in [-0.1, -0.05) is 53.5 Å². The summed E-state index contributed by atoms with van der Waals surface area (Å²) in [7, 11) is 0. The number of carboxylic acids is 1. The van der Waals surface area contributed by atoms with Gasteiger partial charge in [0.2, 0.25) is 0 Å². The number of ether oxygens (including phenoxy) is 2. The van der Waals surface area contributed by atoms with E-state index in [0.717, 1.165) is 5.56 Å². The molecule has 2 amide bonds. The van der Waals surface area contributed by atoms with Gasteiger partial charge >= 0.3 is 5.97 Å². The van der Waals surface area contributed by atoms with Crippen LogP contribution in [0.3, 0.4) is 0 Å². The highest BCUT2D eigenvalue weighted by Gasteiger charge is 2.25. The van der Waals surface area contributed by atoms with Crippen LogP contribution in [0.15, 0.2) is 76.3 Å². The van der Waals surface area contributed by atoms with Crippen molar-refractivity contribution >= 4 is 63.1 Å². The van der Waals surface area contributed by atoms with Crippen LogP contribution < -0.4 is 20.2 Å². The second-order valence-corrected chi connectivity index (χ2v) is 9.89. The van der Waals surface area contributed by atoms with Crippen molar-refractivity contribution in [2.24, 2.45) is 5.10 Å². The number of hydrogen-bond donors (Lipinski definition) is 3. The molecular formula is C27H24BrCl2N3O6. The van der Waals surface area contributed by atoms with E-state index in [-0.39, 0.29) is 17.2 Å². The Morgan fingerprint density at radius 3 is 2.41 bits per heavy atom. The van der Waals surface area contributed by atoms with E-state index in [2.05, 4.69) is 31.8 Å². The van der Waals surface area contributed by atoms with Gasteiger partial charge in [0.25, 0.3) is 11.8 Å². The molecule has 0 unspecified atom stereocenters. The molecule has 9 nitrogen and oxygen atoms in total. The first-order valence-electron chi connectivity index (χ1n) is 11.6. The Morgan fingerprint density at radius 1 is 1.03 bits per heavy atom. The molecule has 0 aromatic heterocycles. The number of carbonyl (C=O) groups excluding carboxylic acids is 2. The molecule has 0 aliphatic carbocycles. The third kappa shape index (κ3) is 9.58. The lowest BCUT2D eigenvalue weighted by molar-refractivity contribution is -0.139. The number of aliphatic carboxylic acids is 1. The van der Waals surface area contributed by atoms with Gasteiger partial charge in [-0.25, -0.2) is 10.2 Å². The second-order valence-electron chi connectivity index (χ2n) is 8.19. The Morgan fingerprint density at radius 2 is 1.74 bits per heavy atom. The van der Waals surface area contributed by atoms with E-state index in [1.807, 2.05) is 30.3 Å². The number of carboxylic acid groups (broad SMARTS) is 1. The summed E-state index contributed by atoms with van der Waals surface area (Å²) in [6.07, 6.45) is 0.653. The van der Waals surface area contributed by atoms with Crippen LogP contribution in [0.5, 0.6) is 11.5 Å². The fourth-order valence-corrected chi connectivity index (χ4v) is 4.23. The van der Waals surface area contributed by atoms with Gasteiger partial charge in [0.15, 0.2) is 12.7 Å². The van der Waals surface area contributed by atoms with Crippen LogP contribution in [0.4, 0.5) is 0 Å². The molecule has 12 heteroatoms. The first kappa shape index (κ1) is 29.9. The Hall–Kier alpha value is -3.60. The number of halogens is 3. The fourth-order valence-electron chi connectivity index (χ4n) is 3.27. The molecule has 39 heavy (non-hydrogen) atoms. The minimum absolute atomic E-state index is 0.212. The number of nitrogens with one attached hydrogen (secondary N) is 2. The Labute approximate surface area is 243 Å². The molecule has 0 saturated heterocycles. The monoisotopic (exact) mass is 635 g/mol. The quantitative estimate of drug-likeness (QED) is 0.192. The van der Waals surface area contributed by atoms with Gasteiger partial charge in [0.05, 0.1) is 15.7 Å². The molecule has 3 aromatic rings. The molecule has 0 aliphatic heterocycles. The van der Waals surface area contributed by atoms with Crippen molar-refractivity contribution in [1.82, 2.24) is 10.7 Å². The topological polar surface area (TPSA) is 126 Å². The van der Waals surface area contributed by atoms with Crippen LogP contribution in [0.2, 0.25) is 10.0 Å². The minimum atomic E-state index is -1.10. The zero-order valence-corrected chi connectivity index (χ0v) is 23.7. The number of rotatable bonds is 12. The number of nitrogens with zero attached hydrogens (tertiary/aromatic N) is 1. The molecule has 3 aromatic carbocycles. The van der Waals surface area contributed by atoms with Gasteiger partial charge < -0.3 is 19.9 Å². The van der Waals surface area contributed by atoms with Gasteiger partial charge in [-0.15, -0.1) is 0 Å². The molecule has 0 fully saturated rings. The largest absolute Gasteiger partial charge is 0.481 e. The molecule has 3 N–H and O–H groups in total. The highest BCUT2D eigenvalue weighted by molar-refractivity contribution is 9.10. The fraction of sp³-hybridized carbons (Fsp3) is 0.185. The molecule has 0 radical (unpaired) electrons. The molecule has 204 valence electrons. The van der Waals surface area contributed by atoms with Crippen molar-refractivity contribution in [2.45, 2.75) is 25.5 Å². The molecule has 0 spiro atoms. The number of hydrazone groups is 1. The molecule has 0 heterocycles. The lowest BCUT2D eigenvalue weighted by atomic mass is 10.1. The Bertz CT molecular complexity index is 1360. The average molecular weight is 637 g/mol. The van der Waals surface area contributed by atoms with E-state index >= 15 is 0 Å². The van der Waals surface area contributed by atoms with Crippen molar-refractivity contribution in [1.29, 1.82) is 0 Å². The van der Waals surface area contributed by atoms with Crippen molar-refractivity contribution in [3.05, 3.63) is 92.4 Å². The Balaban J connectivity index is 1.67. The zero-order chi connectivity index (χ0) is 28.4. The third-order valence-corrected chi connectivity index (χ3v) is 6.33. The number of benzene rings is 3. The summed E-state index contributed by atoms with van der Waals surface area (Å²) in [5.74, 6) is -1.53. The van der Waals surface area contributed by atoms with Crippen molar-refractivity contribution in [3.8, 4) is 11.5 Å². The molecular weight excluding hydrogens is 613 g/mol. The van der Waals surface area contributed by atoms with Crippen molar-refractivity contribution in [2.75, 3.05) is 6.61 Å². The highest BCUT2D eigenvalue weighted by Crippen LogP contribution is 2.28. The lowest BCUT2D eigenvalue weighted by Crippen LogP contribution is -2.50. The van der Waals surface area contributed by atoms with Gasteiger partial charge in [-0.05, 0) is 70.4 Å². The van der Waals surface area contributed by atoms with Crippen LogP contribution in [0.25, 0.3) is 0 Å². The summed E-state index contributed by atoms with van der Waals surface area (Å²) in [4.78, 5) is 36.6. The standard InChI is InChI=1S/C27H24BrCl2N3O6/c1-16(39-24-10-8-19(29)13-21(24)30)26(36)32-22(12-17-5-3-2-4-6-17)27(37)33-31-14-18-7-9-23(20(28)11-18)38-15-25(34)35/h2-11,13-14,16,22H,12,15H2,1H3,(H,32,36)(H,33,37)(H,34,35)/b31-14-/t16-,22+/m1/s1. The smallest absolute Gasteiger partial charge is 0.341 e. The summed E-state index contributed by atoms with van der Waals surface area (Å²) in [6, 6.07) is 17.8. The van der Waals surface area contributed by atoms with Gasteiger partial charge in [0, 0.05) is 11.4 Å². The zero-order valence-electron chi connectivity index (χ0n) is 20.6.